The fourth-order valence-electron chi connectivity index (χ4n) is 1.20. The molecule has 15 heteroatoms. The van der Waals surface area contributed by atoms with Crippen LogP contribution < -0.4 is 0 Å². The van der Waals surface area contributed by atoms with Gasteiger partial charge < -0.3 is 0 Å². The Morgan fingerprint density at radius 2 is 1.08 bits per heavy atom. The van der Waals surface area contributed by atoms with Gasteiger partial charge in [0, 0.05) is 0 Å². The Balaban J connectivity index is 6.04. The SMILES string of the molecule is O=C=NC(F)C(F)(F)C(F)(F)C(F)(F)C(F)(F)C(F)C(F)C(F)F. The molecule has 0 aromatic heterocycles. The number of rotatable bonds is 8. The topological polar surface area (TPSA) is 29.4 Å². The van der Waals surface area contributed by atoms with Crippen molar-refractivity contribution in [2.45, 2.75) is 48.8 Å². The molecule has 142 valence electrons. The van der Waals surface area contributed by atoms with E-state index in [0.717, 1.165) is 0 Å². The summed E-state index contributed by atoms with van der Waals surface area (Å²) in [6.45, 7) is 0. The van der Waals surface area contributed by atoms with E-state index in [2.05, 4.69) is 0 Å². The molecule has 0 heterocycles. The lowest BCUT2D eigenvalue weighted by atomic mass is 9.93. The van der Waals surface area contributed by atoms with Crippen LogP contribution >= 0.6 is 0 Å². The average molecular weight is 389 g/mol. The van der Waals surface area contributed by atoms with Crippen LogP contribution in [0.15, 0.2) is 4.99 Å². The summed E-state index contributed by atoms with van der Waals surface area (Å²) in [5, 5.41) is 0. The first kappa shape index (κ1) is 22.5. The molecule has 0 aromatic rings. The van der Waals surface area contributed by atoms with Crippen LogP contribution in [0.5, 0.6) is 0 Å². The van der Waals surface area contributed by atoms with Gasteiger partial charge in [-0.1, -0.05) is 0 Å². The normalized spacial score (nSPS) is 18.1. The third-order valence-electron chi connectivity index (χ3n) is 2.56. The summed E-state index contributed by atoms with van der Waals surface area (Å²) in [6, 6.07) is 0. The van der Waals surface area contributed by atoms with E-state index in [1.165, 1.54) is 4.99 Å². The van der Waals surface area contributed by atoms with E-state index in [4.69, 9.17) is 0 Å². The van der Waals surface area contributed by atoms with Crippen LogP contribution in [0, 0.1) is 0 Å². The van der Waals surface area contributed by atoms with Gasteiger partial charge in [0.25, 0.3) is 12.7 Å². The summed E-state index contributed by atoms with van der Waals surface area (Å²) < 4.78 is 165. The molecule has 0 aliphatic carbocycles. The van der Waals surface area contributed by atoms with Crippen molar-refractivity contribution in [1.82, 2.24) is 0 Å². The van der Waals surface area contributed by atoms with Gasteiger partial charge in [0.1, 0.15) is 0 Å². The number of hydrogen-bond donors (Lipinski definition) is 0. The smallest absolute Gasteiger partial charge is 0.238 e. The monoisotopic (exact) mass is 389 g/mol. The first-order valence-electron chi connectivity index (χ1n) is 5.28. The number of carbonyl (C=O) groups excluding carboxylic acids is 1. The molecular formula is C9H4F13NO. The minimum atomic E-state index is -7.55. The maximum absolute atomic E-state index is 13.0. The standard InChI is InChI=1S/C9H4F13NO/c10-2(4(12)13)3(11)6(15,16)8(19,20)9(21,22)7(17,18)5(14)23-1-24/h2-5H. The Labute approximate surface area is 123 Å². The minimum absolute atomic E-state index is 0.0872. The largest absolute Gasteiger partial charge is 0.383 e. The third-order valence-corrected chi connectivity index (χ3v) is 2.56. The highest BCUT2D eigenvalue weighted by atomic mass is 19.4. The number of aliphatic imine (C=N–C) groups is 1. The van der Waals surface area contributed by atoms with E-state index in [0.29, 0.717) is 0 Å². The Kier molecular flexibility index (Phi) is 6.33. The average Bonchev–Trinajstić information content (AvgIpc) is 2.44. The number of alkyl halides is 13. The summed E-state index contributed by atoms with van der Waals surface area (Å²) in [6.07, 6.45) is -19.7. The quantitative estimate of drug-likeness (QED) is 0.266. The molecule has 2 nitrogen and oxygen atoms in total. The van der Waals surface area contributed by atoms with Gasteiger partial charge >= 0.3 is 23.7 Å². The van der Waals surface area contributed by atoms with Crippen molar-refractivity contribution in [3.05, 3.63) is 0 Å². The molecule has 0 amide bonds. The Morgan fingerprint density at radius 1 is 0.708 bits per heavy atom. The molecular weight excluding hydrogens is 385 g/mol. The molecule has 3 atom stereocenters. The van der Waals surface area contributed by atoms with Crippen LogP contribution in [0.25, 0.3) is 0 Å². The summed E-state index contributed by atoms with van der Waals surface area (Å²) in [5.74, 6) is -28.9. The zero-order valence-corrected chi connectivity index (χ0v) is 10.6. The van der Waals surface area contributed by atoms with E-state index in [-0.39, 0.29) is 6.08 Å². The summed E-state index contributed by atoms with van der Waals surface area (Å²) >= 11 is 0. The molecule has 0 N–H and O–H groups in total. The molecule has 3 unspecified atom stereocenters. The van der Waals surface area contributed by atoms with E-state index >= 15 is 0 Å². The molecule has 0 fully saturated rings. The van der Waals surface area contributed by atoms with Crippen LogP contribution in [-0.4, -0.2) is 54.8 Å². The van der Waals surface area contributed by atoms with Crippen LogP contribution in [0.1, 0.15) is 0 Å². The van der Waals surface area contributed by atoms with E-state index in [9.17, 15) is 61.9 Å². The number of halogens is 13. The predicted molar refractivity (Wildman–Crippen MR) is 48.6 cm³/mol. The number of hydrogen-bond acceptors (Lipinski definition) is 2. The van der Waals surface area contributed by atoms with Crippen LogP contribution in [0.3, 0.4) is 0 Å². The molecule has 0 radical (unpaired) electrons. The second-order valence-electron chi connectivity index (χ2n) is 4.13. The van der Waals surface area contributed by atoms with Gasteiger partial charge in [0.15, 0.2) is 6.17 Å². The van der Waals surface area contributed by atoms with E-state index in [1.807, 2.05) is 0 Å². The number of isocyanates is 1. The highest BCUT2D eigenvalue weighted by molar-refractivity contribution is 5.33. The lowest BCUT2D eigenvalue weighted by Crippen LogP contribution is -2.67. The van der Waals surface area contributed by atoms with Gasteiger partial charge in [-0.15, -0.1) is 0 Å². The fourth-order valence-corrected chi connectivity index (χ4v) is 1.20. The highest BCUT2D eigenvalue weighted by Crippen LogP contribution is 2.56. The Bertz CT molecular complexity index is 486. The molecule has 0 bridgehead atoms. The van der Waals surface area contributed by atoms with Gasteiger partial charge in [-0.25, -0.2) is 26.7 Å². The minimum Gasteiger partial charge on any atom is -0.238 e. The first-order chi connectivity index (χ1) is 10.5. The van der Waals surface area contributed by atoms with Crippen LogP contribution in [0.2, 0.25) is 0 Å². The molecule has 0 rings (SSSR count). The summed E-state index contributed by atoms with van der Waals surface area (Å²) in [5.41, 5.74) is 0. The molecule has 0 spiro atoms. The predicted octanol–water partition coefficient (Wildman–Crippen LogP) is 4.10. The maximum Gasteiger partial charge on any atom is 0.383 e. The van der Waals surface area contributed by atoms with Gasteiger partial charge in [-0.2, -0.15) is 40.1 Å². The van der Waals surface area contributed by atoms with Gasteiger partial charge in [-0.05, 0) is 0 Å². The second kappa shape index (κ2) is 6.76. The molecule has 0 aromatic carbocycles. The molecule has 0 saturated heterocycles. The van der Waals surface area contributed by atoms with Gasteiger partial charge in [0.05, 0.1) is 0 Å². The van der Waals surface area contributed by atoms with Gasteiger partial charge in [-0.3, -0.25) is 0 Å². The lowest BCUT2D eigenvalue weighted by molar-refractivity contribution is -0.386. The van der Waals surface area contributed by atoms with Crippen molar-refractivity contribution in [3.63, 3.8) is 0 Å². The Morgan fingerprint density at radius 3 is 1.42 bits per heavy atom. The van der Waals surface area contributed by atoms with Crippen molar-refractivity contribution in [3.8, 4) is 0 Å². The number of nitrogens with zero attached hydrogens (tertiary/aromatic N) is 1. The Hall–Kier alpha value is -1.53. The van der Waals surface area contributed by atoms with Crippen molar-refractivity contribution >= 4 is 6.08 Å². The first-order valence-corrected chi connectivity index (χ1v) is 5.28. The second-order valence-corrected chi connectivity index (χ2v) is 4.13. The lowest BCUT2D eigenvalue weighted by Gasteiger charge is -2.38. The van der Waals surface area contributed by atoms with Crippen molar-refractivity contribution in [1.29, 1.82) is 0 Å². The molecule has 0 aliphatic rings. The maximum atomic E-state index is 13.0. The van der Waals surface area contributed by atoms with Gasteiger partial charge in [0.2, 0.25) is 12.3 Å². The molecule has 0 saturated carbocycles. The van der Waals surface area contributed by atoms with Crippen LogP contribution in [-0.2, 0) is 4.79 Å². The van der Waals surface area contributed by atoms with E-state index < -0.39 is 48.8 Å². The van der Waals surface area contributed by atoms with Crippen molar-refractivity contribution in [2.75, 3.05) is 0 Å². The third kappa shape index (κ3) is 3.30. The molecule has 24 heavy (non-hydrogen) atoms. The summed E-state index contributed by atoms with van der Waals surface area (Å²) in [4.78, 5) is 10.8. The zero-order chi connectivity index (χ0) is 19.7. The summed E-state index contributed by atoms with van der Waals surface area (Å²) in [7, 11) is 0. The highest BCUT2D eigenvalue weighted by Gasteiger charge is 2.84. The van der Waals surface area contributed by atoms with Crippen molar-refractivity contribution in [2.24, 2.45) is 4.99 Å². The fraction of sp³-hybridized carbons (Fsp3) is 0.889. The molecule has 0 aliphatic heterocycles. The van der Waals surface area contributed by atoms with Crippen LogP contribution in [0.4, 0.5) is 57.1 Å². The van der Waals surface area contributed by atoms with Crippen molar-refractivity contribution < 1.29 is 61.9 Å². The zero-order valence-electron chi connectivity index (χ0n) is 10.6. The van der Waals surface area contributed by atoms with E-state index in [1.54, 1.807) is 0 Å².